The number of aryl methyl sites for hydroxylation is 1. The Balaban J connectivity index is 2.22. The number of rotatable bonds is 7. The van der Waals surface area contributed by atoms with Gasteiger partial charge in [-0.3, -0.25) is 10.1 Å². The van der Waals surface area contributed by atoms with Crippen molar-refractivity contribution in [2.24, 2.45) is 0 Å². The molecule has 0 aromatic heterocycles. The summed E-state index contributed by atoms with van der Waals surface area (Å²) in [5.74, 6) is -0.492. The van der Waals surface area contributed by atoms with Crippen molar-refractivity contribution < 1.29 is 14.1 Å². The number of nitrogens with zero attached hydrogens (tertiary/aromatic N) is 1. The molecule has 0 amide bonds. The quantitative estimate of drug-likeness (QED) is 0.552. The molecule has 0 saturated carbocycles. The van der Waals surface area contributed by atoms with Gasteiger partial charge in [0.2, 0.25) is 0 Å². The molecule has 0 aliphatic rings. The van der Waals surface area contributed by atoms with Gasteiger partial charge in [-0.05, 0) is 24.0 Å². The van der Waals surface area contributed by atoms with Crippen molar-refractivity contribution in [2.75, 3.05) is 0 Å². The van der Waals surface area contributed by atoms with Crippen molar-refractivity contribution in [3.05, 3.63) is 69.5 Å². The lowest BCUT2D eigenvalue weighted by Gasteiger charge is -2.09. The molecule has 2 rings (SSSR count). The number of halogens is 1. The van der Waals surface area contributed by atoms with Crippen LogP contribution in [0, 0.1) is 15.9 Å². The molecule has 0 unspecified atom stereocenters. The van der Waals surface area contributed by atoms with Crippen LogP contribution in [0.2, 0.25) is 0 Å². The highest BCUT2D eigenvalue weighted by molar-refractivity contribution is 5.49. The van der Waals surface area contributed by atoms with Gasteiger partial charge in [-0.25, -0.2) is 4.39 Å². The van der Waals surface area contributed by atoms with Crippen LogP contribution in [-0.2, 0) is 13.0 Å². The summed E-state index contributed by atoms with van der Waals surface area (Å²) < 4.78 is 19.5. The number of benzene rings is 2. The van der Waals surface area contributed by atoms with E-state index in [1.807, 2.05) is 37.3 Å². The highest BCUT2D eigenvalue weighted by Gasteiger charge is 2.19. The van der Waals surface area contributed by atoms with Crippen LogP contribution in [0.25, 0.3) is 0 Å². The van der Waals surface area contributed by atoms with E-state index in [-0.39, 0.29) is 18.0 Å². The third kappa shape index (κ3) is 4.04. The smallest absolute Gasteiger partial charge is 0.311 e. The van der Waals surface area contributed by atoms with Crippen LogP contribution >= 0.6 is 0 Å². The zero-order chi connectivity index (χ0) is 15.9. The first kappa shape index (κ1) is 15.9. The average molecular weight is 303 g/mol. The molecule has 0 saturated heterocycles. The third-order valence-corrected chi connectivity index (χ3v) is 3.36. The standard InChI is InChI=1S/C17H18FNO3/c1-2-3-9-14-10-16(19(20)21)17(11-15(14)18)22-12-13-7-5-4-6-8-13/h4-8,10-11H,2-3,9,12H2,1H3. The predicted octanol–water partition coefficient (Wildman–Crippen LogP) is 4.66. The van der Waals surface area contributed by atoms with Crippen molar-refractivity contribution in [2.45, 2.75) is 32.8 Å². The van der Waals surface area contributed by atoms with Gasteiger partial charge in [-0.2, -0.15) is 0 Å². The summed E-state index contributed by atoms with van der Waals surface area (Å²) in [5.41, 5.74) is 1.04. The molecule has 2 aromatic rings. The summed E-state index contributed by atoms with van der Waals surface area (Å²) in [4.78, 5) is 10.6. The van der Waals surface area contributed by atoms with Crippen LogP contribution in [0.15, 0.2) is 42.5 Å². The van der Waals surface area contributed by atoms with Crippen LogP contribution < -0.4 is 4.74 Å². The molecule has 0 aliphatic carbocycles. The number of hydrogen-bond donors (Lipinski definition) is 0. The summed E-state index contributed by atoms with van der Waals surface area (Å²) in [6.45, 7) is 2.15. The van der Waals surface area contributed by atoms with E-state index in [0.29, 0.717) is 12.0 Å². The summed E-state index contributed by atoms with van der Waals surface area (Å²) in [6, 6.07) is 11.7. The van der Waals surface area contributed by atoms with E-state index < -0.39 is 10.7 Å². The molecular formula is C17H18FNO3. The predicted molar refractivity (Wildman–Crippen MR) is 82.4 cm³/mol. The molecule has 0 N–H and O–H groups in total. The molecule has 0 heterocycles. The summed E-state index contributed by atoms with van der Waals surface area (Å²) >= 11 is 0. The lowest BCUT2D eigenvalue weighted by Crippen LogP contribution is -2.02. The van der Waals surface area contributed by atoms with Gasteiger partial charge in [0.1, 0.15) is 12.4 Å². The second-order valence-corrected chi connectivity index (χ2v) is 5.05. The Morgan fingerprint density at radius 3 is 2.59 bits per heavy atom. The van der Waals surface area contributed by atoms with Crippen LogP contribution in [0.3, 0.4) is 0 Å². The van der Waals surface area contributed by atoms with Gasteiger partial charge >= 0.3 is 5.69 Å². The number of nitro groups is 1. The fraction of sp³-hybridized carbons (Fsp3) is 0.294. The van der Waals surface area contributed by atoms with Gasteiger partial charge in [0.15, 0.2) is 5.75 Å². The van der Waals surface area contributed by atoms with E-state index in [9.17, 15) is 14.5 Å². The SMILES string of the molecule is CCCCc1cc([N+](=O)[O-])c(OCc2ccccc2)cc1F. The second kappa shape index (κ2) is 7.54. The Labute approximate surface area is 128 Å². The molecule has 4 nitrogen and oxygen atoms in total. The molecule has 0 atom stereocenters. The molecule has 22 heavy (non-hydrogen) atoms. The molecule has 116 valence electrons. The Kier molecular flexibility index (Phi) is 5.47. The number of unbranched alkanes of at least 4 members (excludes halogenated alkanes) is 1. The lowest BCUT2D eigenvalue weighted by atomic mass is 10.1. The Morgan fingerprint density at radius 1 is 1.23 bits per heavy atom. The number of hydrogen-bond acceptors (Lipinski definition) is 3. The summed E-state index contributed by atoms with van der Waals surface area (Å²) in [6.07, 6.45) is 2.18. The highest BCUT2D eigenvalue weighted by atomic mass is 19.1. The van der Waals surface area contributed by atoms with Crippen LogP contribution in [0.4, 0.5) is 10.1 Å². The van der Waals surface area contributed by atoms with E-state index in [1.165, 1.54) is 6.07 Å². The maximum absolute atomic E-state index is 14.0. The molecule has 0 radical (unpaired) electrons. The first-order valence-electron chi connectivity index (χ1n) is 7.25. The van der Waals surface area contributed by atoms with Gasteiger partial charge < -0.3 is 4.74 Å². The fourth-order valence-electron chi connectivity index (χ4n) is 2.14. The minimum Gasteiger partial charge on any atom is -0.482 e. The monoisotopic (exact) mass is 303 g/mol. The van der Waals surface area contributed by atoms with Crippen molar-refractivity contribution in [1.82, 2.24) is 0 Å². The van der Waals surface area contributed by atoms with Crippen molar-refractivity contribution in [3.63, 3.8) is 0 Å². The molecular weight excluding hydrogens is 285 g/mol. The summed E-state index contributed by atoms with van der Waals surface area (Å²) in [5, 5.41) is 11.2. The Hall–Kier alpha value is -2.43. The highest BCUT2D eigenvalue weighted by Crippen LogP contribution is 2.31. The van der Waals surface area contributed by atoms with Gasteiger partial charge in [0.25, 0.3) is 0 Å². The van der Waals surface area contributed by atoms with Crippen LogP contribution in [0.5, 0.6) is 5.75 Å². The van der Waals surface area contributed by atoms with Crippen molar-refractivity contribution >= 4 is 5.69 Å². The molecule has 0 fully saturated rings. The first-order valence-corrected chi connectivity index (χ1v) is 7.25. The zero-order valence-electron chi connectivity index (χ0n) is 12.4. The maximum Gasteiger partial charge on any atom is 0.311 e. The maximum atomic E-state index is 14.0. The normalized spacial score (nSPS) is 10.5. The van der Waals surface area contributed by atoms with E-state index >= 15 is 0 Å². The fourth-order valence-corrected chi connectivity index (χ4v) is 2.14. The number of nitro benzene ring substituents is 1. The second-order valence-electron chi connectivity index (χ2n) is 5.05. The van der Waals surface area contributed by atoms with E-state index in [2.05, 4.69) is 0 Å². The van der Waals surface area contributed by atoms with Crippen molar-refractivity contribution in [3.8, 4) is 5.75 Å². The molecule has 5 heteroatoms. The largest absolute Gasteiger partial charge is 0.482 e. The Bertz CT molecular complexity index is 644. The first-order chi connectivity index (χ1) is 10.6. The van der Waals surface area contributed by atoms with Gasteiger partial charge in [-0.1, -0.05) is 43.7 Å². The van der Waals surface area contributed by atoms with Crippen LogP contribution in [0.1, 0.15) is 30.9 Å². The van der Waals surface area contributed by atoms with E-state index in [1.54, 1.807) is 0 Å². The topological polar surface area (TPSA) is 52.4 Å². The minimum absolute atomic E-state index is 0.0356. The Morgan fingerprint density at radius 2 is 1.95 bits per heavy atom. The molecule has 0 bridgehead atoms. The molecule has 0 aliphatic heterocycles. The lowest BCUT2D eigenvalue weighted by molar-refractivity contribution is -0.386. The average Bonchev–Trinajstić information content (AvgIpc) is 2.52. The van der Waals surface area contributed by atoms with Crippen LogP contribution in [-0.4, -0.2) is 4.92 Å². The summed E-state index contributed by atoms with van der Waals surface area (Å²) in [7, 11) is 0. The van der Waals surface area contributed by atoms with Gasteiger partial charge in [0.05, 0.1) is 4.92 Å². The zero-order valence-corrected chi connectivity index (χ0v) is 12.4. The van der Waals surface area contributed by atoms with Gasteiger partial charge in [-0.15, -0.1) is 0 Å². The molecule has 0 spiro atoms. The van der Waals surface area contributed by atoms with E-state index in [4.69, 9.17) is 4.74 Å². The van der Waals surface area contributed by atoms with Crippen molar-refractivity contribution in [1.29, 1.82) is 0 Å². The molecule has 2 aromatic carbocycles. The third-order valence-electron chi connectivity index (χ3n) is 3.36. The number of ether oxygens (including phenoxy) is 1. The van der Waals surface area contributed by atoms with E-state index in [0.717, 1.165) is 24.5 Å². The minimum atomic E-state index is -0.533. The van der Waals surface area contributed by atoms with Gasteiger partial charge in [0, 0.05) is 12.1 Å².